The smallest absolute Gasteiger partial charge is 0.0107 e. The first-order chi connectivity index (χ1) is 9.47. The lowest BCUT2D eigenvalue weighted by Gasteiger charge is -2.25. The summed E-state index contributed by atoms with van der Waals surface area (Å²) in [4.78, 5) is 2.60. The number of hydrogen-bond donors (Lipinski definition) is 1. The Kier molecular flexibility index (Phi) is 5.22. The molecule has 1 aliphatic heterocycles. The van der Waals surface area contributed by atoms with Crippen molar-refractivity contribution in [3.8, 4) is 0 Å². The number of benzene rings is 1. The molecule has 0 spiro atoms. The lowest BCUT2D eigenvalue weighted by Crippen LogP contribution is -2.31. The summed E-state index contributed by atoms with van der Waals surface area (Å²) in [7, 11) is 0. The van der Waals surface area contributed by atoms with Gasteiger partial charge in [-0.1, -0.05) is 52.0 Å². The first kappa shape index (κ1) is 15.5. The third-order valence-electron chi connectivity index (χ3n) is 4.31. The Labute approximate surface area is 124 Å². The maximum absolute atomic E-state index is 3.47. The van der Waals surface area contributed by atoms with Crippen molar-refractivity contribution in [2.75, 3.05) is 32.7 Å². The highest BCUT2D eigenvalue weighted by molar-refractivity contribution is 5.29. The largest absolute Gasteiger partial charge is 0.315 e. The Hall–Kier alpha value is -0.860. The van der Waals surface area contributed by atoms with Crippen LogP contribution in [-0.2, 0) is 5.41 Å². The fourth-order valence-corrected chi connectivity index (χ4v) is 2.89. The van der Waals surface area contributed by atoms with Gasteiger partial charge in [0.2, 0.25) is 0 Å². The van der Waals surface area contributed by atoms with E-state index in [1.54, 1.807) is 0 Å². The predicted octanol–water partition coefficient (Wildman–Crippen LogP) is 3.38. The van der Waals surface area contributed by atoms with Gasteiger partial charge in [0.15, 0.2) is 0 Å². The lowest BCUT2D eigenvalue weighted by molar-refractivity contribution is 0.278. The van der Waals surface area contributed by atoms with Crippen molar-refractivity contribution in [2.45, 2.75) is 45.4 Å². The molecule has 2 rings (SSSR count). The minimum atomic E-state index is 0.248. The Balaban J connectivity index is 1.96. The average Bonchev–Trinajstić information content (AvgIpc) is 2.66. The number of rotatable bonds is 3. The molecule has 1 atom stereocenters. The average molecular weight is 274 g/mol. The number of nitrogens with one attached hydrogen (secondary N) is 1. The molecule has 0 aliphatic carbocycles. The molecule has 1 aromatic carbocycles. The Morgan fingerprint density at radius 1 is 1.10 bits per heavy atom. The molecule has 1 fully saturated rings. The van der Waals surface area contributed by atoms with Crippen molar-refractivity contribution < 1.29 is 0 Å². The van der Waals surface area contributed by atoms with Crippen molar-refractivity contribution in [1.29, 1.82) is 0 Å². The number of hydrogen-bond acceptors (Lipinski definition) is 2. The molecule has 0 aromatic heterocycles. The molecule has 0 amide bonds. The molecule has 2 nitrogen and oxygen atoms in total. The van der Waals surface area contributed by atoms with Crippen LogP contribution in [0.3, 0.4) is 0 Å². The maximum atomic E-state index is 3.47. The highest BCUT2D eigenvalue weighted by Gasteiger charge is 2.16. The van der Waals surface area contributed by atoms with Gasteiger partial charge in [-0.2, -0.15) is 0 Å². The summed E-state index contributed by atoms with van der Waals surface area (Å²) < 4.78 is 0. The van der Waals surface area contributed by atoms with Crippen LogP contribution in [0.4, 0.5) is 0 Å². The van der Waals surface area contributed by atoms with Crippen molar-refractivity contribution in [3.63, 3.8) is 0 Å². The van der Waals surface area contributed by atoms with Crippen LogP contribution >= 0.6 is 0 Å². The van der Waals surface area contributed by atoms with E-state index < -0.39 is 0 Å². The first-order valence-electron chi connectivity index (χ1n) is 8.00. The Bertz CT molecular complexity index is 394. The summed E-state index contributed by atoms with van der Waals surface area (Å²) in [6.45, 7) is 15.1. The third-order valence-corrected chi connectivity index (χ3v) is 4.31. The standard InChI is InChI=1S/C18H30N2/c1-15(14-20-12-5-10-19-11-13-20)16-6-8-17(9-7-16)18(2,3)4/h6-9,15,19H,5,10-14H2,1-4H3. The van der Waals surface area contributed by atoms with Crippen molar-refractivity contribution in [2.24, 2.45) is 0 Å². The van der Waals surface area contributed by atoms with E-state index in [4.69, 9.17) is 0 Å². The number of nitrogens with zero attached hydrogens (tertiary/aromatic N) is 1. The van der Waals surface area contributed by atoms with Gasteiger partial charge < -0.3 is 10.2 Å². The fourth-order valence-electron chi connectivity index (χ4n) is 2.89. The highest BCUT2D eigenvalue weighted by atomic mass is 15.1. The van der Waals surface area contributed by atoms with Gasteiger partial charge >= 0.3 is 0 Å². The predicted molar refractivity (Wildman–Crippen MR) is 87.5 cm³/mol. The second kappa shape index (κ2) is 6.73. The van der Waals surface area contributed by atoms with Gasteiger partial charge in [-0.3, -0.25) is 0 Å². The van der Waals surface area contributed by atoms with E-state index in [-0.39, 0.29) is 5.41 Å². The Morgan fingerprint density at radius 3 is 2.45 bits per heavy atom. The van der Waals surface area contributed by atoms with Crippen molar-refractivity contribution in [3.05, 3.63) is 35.4 Å². The summed E-state index contributed by atoms with van der Waals surface area (Å²) >= 11 is 0. The molecule has 1 saturated heterocycles. The Morgan fingerprint density at radius 2 is 1.80 bits per heavy atom. The summed E-state index contributed by atoms with van der Waals surface area (Å²) in [6, 6.07) is 9.24. The van der Waals surface area contributed by atoms with Crippen LogP contribution in [0.1, 0.15) is 51.2 Å². The van der Waals surface area contributed by atoms with Crippen LogP contribution in [0.25, 0.3) is 0 Å². The summed E-state index contributed by atoms with van der Waals surface area (Å²) in [5, 5.41) is 3.47. The van der Waals surface area contributed by atoms with E-state index in [0.29, 0.717) is 5.92 Å². The van der Waals surface area contributed by atoms with Gasteiger partial charge in [0, 0.05) is 19.6 Å². The molecule has 0 radical (unpaired) electrons. The molecule has 1 aromatic rings. The zero-order valence-electron chi connectivity index (χ0n) is 13.6. The van der Waals surface area contributed by atoms with Crippen LogP contribution in [0.2, 0.25) is 0 Å². The molecule has 2 heteroatoms. The summed E-state index contributed by atoms with van der Waals surface area (Å²) in [5.41, 5.74) is 3.14. The molecule has 20 heavy (non-hydrogen) atoms. The van der Waals surface area contributed by atoms with Gasteiger partial charge in [-0.05, 0) is 42.0 Å². The topological polar surface area (TPSA) is 15.3 Å². The third kappa shape index (κ3) is 4.32. The second-order valence-corrected chi connectivity index (χ2v) is 7.18. The van der Waals surface area contributed by atoms with Gasteiger partial charge in [0.25, 0.3) is 0 Å². The van der Waals surface area contributed by atoms with E-state index >= 15 is 0 Å². The fraction of sp³-hybridized carbons (Fsp3) is 0.667. The highest BCUT2D eigenvalue weighted by Crippen LogP contribution is 2.25. The first-order valence-corrected chi connectivity index (χ1v) is 8.00. The zero-order valence-corrected chi connectivity index (χ0v) is 13.6. The van der Waals surface area contributed by atoms with Gasteiger partial charge in [-0.15, -0.1) is 0 Å². The van der Waals surface area contributed by atoms with E-state index in [2.05, 4.69) is 62.2 Å². The molecular formula is C18H30N2. The van der Waals surface area contributed by atoms with Crippen molar-refractivity contribution in [1.82, 2.24) is 10.2 Å². The van der Waals surface area contributed by atoms with Crippen LogP contribution in [0, 0.1) is 0 Å². The second-order valence-electron chi connectivity index (χ2n) is 7.18. The molecule has 1 unspecified atom stereocenters. The molecule has 112 valence electrons. The van der Waals surface area contributed by atoms with Crippen molar-refractivity contribution >= 4 is 0 Å². The summed E-state index contributed by atoms with van der Waals surface area (Å²) in [5.74, 6) is 0.613. The quantitative estimate of drug-likeness (QED) is 0.909. The van der Waals surface area contributed by atoms with E-state index in [1.165, 1.54) is 43.7 Å². The van der Waals surface area contributed by atoms with E-state index in [9.17, 15) is 0 Å². The van der Waals surface area contributed by atoms with E-state index in [1.807, 2.05) is 0 Å². The molecule has 1 aliphatic rings. The summed E-state index contributed by atoms with van der Waals surface area (Å²) in [6.07, 6.45) is 1.27. The van der Waals surface area contributed by atoms with Crippen LogP contribution in [0.15, 0.2) is 24.3 Å². The van der Waals surface area contributed by atoms with E-state index in [0.717, 1.165) is 6.54 Å². The molecule has 1 heterocycles. The normalized spacial score (nSPS) is 19.6. The molecular weight excluding hydrogens is 244 g/mol. The van der Waals surface area contributed by atoms with Gasteiger partial charge in [-0.25, -0.2) is 0 Å². The zero-order chi connectivity index (χ0) is 14.6. The monoisotopic (exact) mass is 274 g/mol. The van der Waals surface area contributed by atoms with Crippen LogP contribution in [-0.4, -0.2) is 37.6 Å². The SMILES string of the molecule is CC(CN1CCCNCC1)c1ccc(C(C)(C)C)cc1. The minimum Gasteiger partial charge on any atom is -0.315 e. The van der Waals surface area contributed by atoms with Crippen LogP contribution < -0.4 is 5.32 Å². The molecule has 0 bridgehead atoms. The van der Waals surface area contributed by atoms with Gasteiger partial charge in [0.1, 0.15) is 0 Å². The lowest BCUT2D eigenvalue weighted by atomic mass is 9.85. The molecule has 0 saturated carbocycles. The maximum Gasteiger partial charge on any atom is 0.0107 e. The van der Waals surface area contributed by atoms with Crippen LogP contribution in [0.5, 0.6) is 0 Å². The molecule has 1 N–H and O–H groups in total. The van der Waals surface area contributed by atoms with Gasteiger partial charge in [0.05, 0.1) is 0 Å². The minimum absolute atomic E-state index is 0.248.